The van der Waals surface area contributed by atoms with E-state index in [9.17, 15) is 14.0 Å². The summed E-state index contributed by atoms with van der Waals surface area (Å²) in [5, 5.41) is 0. The lowest BCUT2D eigenvalue weighted by atomic mass is 9.86. The molecule has 0 unspecified atom stereocenters. The lowest BCUT2D eigenvalue weighted by molar-refractivity contribution is -0.132. The molecular weight excluding hydrogens is 347 g/mol. The molecule has 140 valence electrons. The van der Waals surface area contributed by atoms with Crippen molar-refractivity contribution in [3.05, 3.63) is 60.4 Å². The highest BCUT2D eigenvalue weighted by Gasteiger charge is 2.48. The number of hydrogen-bond acceptors (Lipinski definition) is 3. The van der Waals surface area contributed by atoms with E-state index in [1.807, 2.05) is 30.3 Å². The number of amides is 2. The molecule has 0 saturated carbocycles. The molecule has 2 saturated heterocycles. The number of nitrogens with zero attached hydrogens (tertiary/aromatic N) is 2. The fourth-order valence-electron chi connectivity index (χ4n) is 3.93. The van der Waals surface area contributed by atoms with Crippen molar-refractivity contribution < 1.29 is 18.7 Å². The standard InChI is InChI=1S/C21H21FN2O3/c22-16-6-8-17(9-7-16)24-15-21(12-19(24)25)10-11-23(14-21)20(26)13-27-18-4-2-1-3-5-18/h1-9H,10-15H2/t21-/m1/s1. The molecule has 4 rings (SSSR count). The molecule has 2 aromatic carbocycles. The zero-order valence-electron chi connectivity index (χ0n) is 14.9. The van der Waals surface area contributed by atoms with E-state index in [0.717, 1.165) is 6.42 Å². The molecule has 27 heavy (non-hydrogen) atoms. The smallest absolute Gasteiger partial charge is 0.260 e. The Balaban J connectivity index is 1.37. The summed E-state index contributed by atoms with van der Waals surface area (Å²) in [5.41, 5.74) is 0.476. The highest BCUT2D eigenvalue weighted by atomic mass is 19.1. The monoisotopic (exact) mass is 368 g/mol. The molecule has 2 heterocycles. The van der Waals surface area contributed by atoms with Crippen LogP contribution >= 0.6 is 0 Å². The number of benzene rings is 2. The average molecular weight is 368 g/mol. The van der Waals surface area contributed by atoms with E-state index < -0.39 is 0 Å². The van der Waals surface area contributed by atoms with Crippen LogP contribution in [0, 0.1) is 11.2 Å². The number of rotatable bonds is 4. The Morgan fingerprint density at radius 1 is 1.07 bits per heavy atom. The van der Waals surface area contributed by atoms with Crippen LogP contribution in [0.2, 0.25) is 0 Å². The van der Waals surface area contributed by atoms with E-state index in [1.165, 1.54) is 12.1 Å². The first kappa shape index (κ1) is 17.5. The van der Waals surface area contributed by atoms with Crippen LogP contribution in [0.5, 0.6) is 5.75 Å². The van der Waals surface area contributed by atoms with Gasteiger partial charge in [-0.25, -0.2) is 4.39 Å². The summed E-state index contributed by atoms with van der Waals surface area (Å²) in [5.74, 6) is 0.300. The van der Waals surface area contributed by atoms with Gasteiger partial charge in [0.05, 0.1) is 0 Å². The van der Waals surface area contributed by atoms with Crippen LogP contribution in [0.25, 0.3) is 0 Å². The normalized spacial score (nSPS) is 21.9. The molecule has 1 atom stereocenters. The molecule has 2 aliphatic rings. The molecule has 5 nitrogen and oxygen atoms in total. The lowest BCUT2D eigenvalue weighted by Gasteiger charge is -2.24. The molecule has 2 aliphatic heterocycles. The first-order valence-corrected chi connectivity index (χ1v) is 9.06. The largest absolute Gasteiger partial charge is 0.484 e. The van der Waals surface area contributed by atoms with Crippen LogP contribution in [0.1, 0.15) is 12.8 Å². The summed E-state index contributed by atoms with van der Waals surface area (Å²) in [4.78, 5) is 28.5. The van der Waals surface area contributed by atoms with E-state index in [2.05, 4.69) is 0 Å². The second kappa shape index (κ2) is 7.02. The number of carbonyl (C=O) groups excluding carboxylic acids is 2. The minimum Gasteiger partial charge on any atom is -0.484 e. The van der Waals surface area contributed by atoms with Crippen molar-refractivity contribution in [2.75, 3.05) is 31.1 Å². The first-order valence-electron chi connectivity index (χ1n) is 9.06. The van der Waals surface area contributed by atoms with Crippen LogP contribution in [0.4, 0.5) is 10.1 Å². The maximum absolute atomic E-state index is 13.1. The maximum atomic E-state index is 13.1. The predicted octanol–water partition coefficient (Wildman–Crippen LogP) is 2.86. The lowest BCUT2D eigenvalue weighted by Crippen LogP contribution is -2.36. The van der Waals surface area contributed by atoms with Gasteiger partial charge in [0.1, 0.15) is 11.6 Å². The van der Waals surface area contributed by atoms with Crippen LogP contribution < -0.4 is 9.64 Å². The van der Waals surface area contributed by atoms with Gasteiger partial charge in [-0.05, 0) is 42.8 Å². The Morgan fingerprint density at radius 2 is 1.81 bits per heavy atom. The molecule has 2 amide bonds. The van der Waals surface area contributed by atoms with Gasteiger partial charge in [-0.1, -0.05) is 18.2 Å². The van der Waals surface area contributed by atoms with Gasteiger partial charge in [0, 0.05) is 37.2 Å². The second-order valence-electron chi connectivity index (χ2n) is 7.30. The van der Waals surface area contributed by atoms with Gasteiger partial charge in [0.15, 0.2) is 6.61 Å². The number of carbonyl (C=O) groups is 2. The summed E-state index contributed by atoms with van der Waals surface area (Å²) in [6.07, 6.45) is 1.20. The fourth-order valence-corrected chi connectivity index (χ4v) is 3.93. The zero-order chi connectivity index (χ0) is 18.9. The third kappa shape index (κ3) is 3.65. The van der Waals surface area contributed by atoms with Gasteiger partial charge in [0.2, 0.25) is 5.91 Å². The van der Waals surface area contributed by atoms with Gasteiger partial charge in [-0.15, -0.1) is 0 Å². The minimum atomic E-state index is -0.323. The first-order chi connectivity index (χ1) is 13.0. The van der Waals surface area contributed by atoms with E-state index >= 15 is 0 Å². The Bertz CT molecular complexity index is 840. The number of anilines is 1. The van der Waals surface area contributed by atoms with Crippen molar-refractivity contribution >= 4 is 17.5 Å². The molecule has 0 N–H and O–H groups in total. The zero-order valence-corrected chi connectivity index (χ0v) is 14.9. The van der Waals surface area contributed by atoms with Gasteiger partial charge in [-0.3, -0.25) is 9.59 Å². The van der Waals surface area contributed by atoms with Gasteiger partial charge in [-0.2, -0.15) is 0 Å². The second-order valence-corrected chi connectivity index (χ2v) is 7.30. The maximum Gasteiger partial charge on any atom is 0.260 e. The van der Waals surface area contributed by atoms with Crippen molar-refractivity contribution in [3.8, 4) is 5.75 Å². The number of likely N-dealkylation sites (tertiary alicyclic amines) is 1. The van der Waals surface area contributed by atoms with Crippen LogP contribution in [-0.2, 0) is 9.59 Å². The predicted molar refractivity (Wildman–Crippen MR) is 98.9 cm³/mol. The molecular formula is C21H21FN2O3. The minimum absolute atomic E-state index is 0.00425. The van der Waals surface area contributed by atoms with Crippen molar-refractivity contribution in [2.45, 2.75) is 12.8 Å². The molecule has 6 heteroatoms. The Hall–Kier alpha value is -2.89. The van der Waals surface area contributed by atoms with Crippen LogP contribution in [0.3, 0.4) is 0 Å². The molecule has 0 bridgehead atoms. The van der Waals surface area contributed by atoms with E-state index in [0.29, 0.717) is 37.5 Å². The SMILES string of the molecule is O=C(COc1ccccc1)N1CC[C@@]2(CC(=O)N(c3ccc(F)cc3)C2)C1. The molecule has 2 fully saturated rings. The fraction of sp³-hybridized carbons (Fsp3) is 0.333. The third-order valence-corrected chi connectivity index (χ3v) is 5.36. The summed E-state index contributed by atoms with van der Waals surface area (Å²) in [7, 11) is 0. The van der Waals surface area contributed by atoms with Crippen molar-refractivity contribution in [2.24, 2.45) is 5.41 Å². The summed E-state index contributed by atoms with van der Waals surface area (Å²) < 4.78 is 18.7. The molecule has 0 radical (unpaired) electrons. The van der Waals surface area contributed by atoms with E-state index in [4.69, 9.17) is 4.74 Å². The number of halogens is 1. The molecule has 2 aromatic rings. The van der Waals surface area contributed by atoms with Gasteiger partial charge in [0.25, 0.3) is 5.91 Å². The molecule has 0 aliphatic carbocycles. The summed E-state index contributed by atoms with van der Waals surface area (Å²) in [6, 6.07) is 15.2. The molecule has 1 spiro atoms. The van der Waals surface area contributed by atoms with Crippen molar-refractivity contribution in [1.29, 1.82) is 0 Å². The Labute approximate surface area is 157 Å². The molecule has 0 aromatic heterocycles. The Morgan fingerprint density at radius 3 is 2.56 bits per heavy atom. The highest BCUT2D eigenvalue weighted by Crippen LogP contribution is 2.41. The van der Waals surface area contributed by atoms with Crippen LogP contribution in [-0.4, -0.2) is 43.0 Å². The number of hydrogen-bond donors (Lipinski definition) is 0. The number of ether oxygens (including phenoxy) is 1. The quantitative estimate of drug-likeness (QED) is 0.834. The Kier molecular flexibility index (Phi) is 4.56. The third-order valence-electron chi connectivity index (χ3n) is 5.36. The van der Waals surface area contributed by atoms with E-state index in [1.54, 1.807) is 21.9 Å². The highest BCUT2D eigenvalue weighted by molar-refractivity contribution is 5.96. The van der Waals surface area contributed by atoms with Crippen molar-refractivity contribution in [1.82, 2.24) is 4.90 Å². The van der Waals surface area contributed by atoms with Crippen molar-refractivity contribution in [3.63, 3.8) is 0 Å². The average Bonchev–Trinajstić information content (AvgIpc) is 3.24. The van der Waals surface area contributed by atoms with E-state index in [-0.39, 0.29) is 29.7 Å². The van der Waals surface area contributed by atoms with Gasteiger partial charge < -0.3 is 14.5 Å². The van der Waals surface area contributed by atoms with Gasteiger partial charge >= 0.3 is 0 Å². The number of para-hydroxylation sites is 1. The topological polar surface area (TPSA) is 49.9 Å². The summed E-state index contributed by atoms with van der Waals surface area (Å²) >= 11 is 0. The van der Waals surface area contributed by atoms with Crippen LogP contribution in [0.15, 0.2) is 54.6 Å². The summed E-state index contributed by atoms with van der Waals surface area (Å²) in [6.45, 7) is 1.73.